The molecule has 96 valence electrons. The molecule has 1 N–H and O–H groups in total. The molecule has 3 rings (SSSR count). The van der Waals surface area contributed by atoms with Crippen LogP contribution < -0.4 is 10.1 Å². The minimum absolute atomic E-state index is 0.607. The number of fused-ring (bicyclic) bond motifs is 1. The third-order valence-corrected chi connectivity index (χ3v) is 4.66. The predicted molar refractivity (Wildman–Crippen MR) is 73.4 cm³/mol. The Hall–Kier alpha value is -1.20. The lowest BCUT2D eigenvalue weighted by Gasteiger charge is -2.10. The Morgan fingerprint density at radius 2 is 2.33 bits per heavy atom. The molecule has 0 amide bonds. The lowest BCUT2D eigenvalue weighted by Crippen LogP contribution is -2.16. The topological polar surface area (TPSA) is 47.0 Å². The minimum Gasteiger partial charge on any atom is -0.477 e. The van der Waals surface area contributed by atoms with Crippen LogP contribution in [0.5, 0.6) is 5.88 Å². The predicted octanol–water partition coefficient (Wildman–Crippen LogP) is 2.30. The van der Waals surface area contributed by atoms with Crippen molar-refractivity contribution in [3.05, 3.63) is 16.8 Å². The van der Waals surface area contributed by atoms with E-state index in [9.17, 15) is 0 Å². The Kier molecular flexibility index (Phi) is 3.18. The maximum Gasteiger partial charge on any atom is 0.225 e. The van der Waals surface area contributed by atoms with Crippen LogP contribution in [0.15, 0.2) is 6.33 Å². The highest BCUT2D eigenvalue weighted by Gasteiger charge is 2.17. The number of hydrogen-bond donors (Lipinski definition) is 1. The molecule has 0 aliphatic carbocycles. The Balaban J connectivity index is 1.86. The highest BCUT2D eigenvalue weighted by atomic mass is 32.1. The molecule has 4 nitrogen and oxygen atoms in total. The molecule has 3 heterocycles. The largest absolute Gasteiger partial charge is 0.477 e. The number of ether oxygens (including phenoxy) is 1. The molecule has 1 atom stereocenters. The molecule has 1 saturated heterocycles. The van der Waals surface area contributed by atoms with Crippen molar-refractivity contribution in [3.63, 3.8) is 0 Å². The van der Waals surface area contributed by atoms with Gasteiger partial charge in [-0.3, -0.25) is 0 Å². The van der Waals surface area contributed by atoms with Crippen LogP contribution in [0.4, 0.5) is 0 Å². The molecule has 0 spiro atoms. The average molecular weight is 263 g/mol. The van der Waals surface area contributed by atoms with Crippen LogP contribution in [0.25, 0.3) is 10.2 Å². The second kappa shape index (κ2) is 4.82. The summed E-state index contributed by atoms with van der Waals surface area (Å²) in [5, 5.41) is 4.44. The van der Waals surface area contributed by atoms with Gasteiger partial charge in [-0.15, -0.1) is 11.3 Å². The quantitative estimate of drug-likeness (QED) is 0.923. The minimum atomic E-state index is 0.607. The Bertz CT molecular complexity index is 561. The van der Waals surface area contributed by atoms with E-state index in [1.807, 2.05) is 0 Å². The summed E-state index contributed by atoms with van der Waals surface area (Å²) in [6, 6.07) is 0. The number of hydrogen-bond acceptors (Lipinski definition) is 5. The molecule has 5 heteroatoms. The number of nitrogens with one attached hydrogen (secondary N) is 1. The summed E-state index contributed by atoms with van der Waals surface area (Å²) >= 11 is 1.71. The highest BCUT2D eigenvalue weighted by molar-refractivity contribution is 7.18. The fourth-order valence-corrected chi connectivity index (χ4v) is 3.30. The fourth-order valence-electron chi connectivity index (χ4n) is 2.31. The molecular weight excluding hydrogens is 246 g/mol. The normalized spacial score (nSPS) is 19.6. The van der Waals surface area contributed by atoms with Crippen LogP contribution in [0, 0.1) is 19.8 Å². The van der Waals surface area contributed by atoms with Crippen molar-refractivity contribution in [1.82, 2.24) is 15.3 Å². The number of aryl methyl sites for hydroxylation is 2. The summed E-state index contributed by atoms with van der Waals surface area (Å²) in [4.78, 5) is 10.9. The standard InChI is InChI=1S/C13H17N3OS/c1-8-9(2)18-13-11(8)12(15-7-16-13)17-6-10-3-4-14-5-10/h7,10,14H,3-6H2,1-2H3. The fraction of sp³-hybridized carbons (Fsp3) is 0.538. The van der Waals surface area contributed by atoms with E-state index in [-0.39, 0.29) is 0 Å². The van der Waals surface area contributed by atoms with Crippen LogP contribution in [0.2, 0.25) is 0 Å². The third kappa shape index (κ3) is 2.08. The van der Waals surface area contributed by atoms with Gasteiger partial charge in [0.25, 0.3) is 0 Å². The molecule has 0 aromatic carbocycles. The van der Waals surface area contributed by atoms with Gasteiger partial charge in [-0.2, -0.15) is 0 Å². The van der Waals surface area contributed by atoms with Crippen molar-refractivity contribution >= 4 is 21.6 Å². The molecule has 1 unspecified atom stereocenters. The maximum atomic E-state index is 5.91. The van der Waals surface area contributed by atoms with E-state index in [1.165, 1.54) is 16.9 Å². The summed E-state index contributed by atoms with van der Waals surface area (Å²) in [5.74, 6) is 1.35. The molecular formula is C13H17N3OS. The molecule has 2 aromatic rings. The van der Waals surface area contributed by atoms with Crippen LogP contribution in [-0.4, -0.2) is 29.7 Å². The molecule has 0 radical (unpaired) electrons. The molecule has 1 fully saturated rings. The number of nitrogens with zero attached hydrogens (tertiary/aromatic N) is 2. The number of rotatable bonds is 3. The van der Waals surface area contributed by atoms with Gasteiger partial charge in [0.2, 0.25) is 5.88 Å². The molecule has 1 aliphatic rings. The molecule has 1 aliphatic heterocycles. The van der Waals surface area contributed by atoms with Crippen LogP contribution in [0.1, 0.15) is 16.9 Å². The average Bonchev–Trinajstić information content (AvgIpc) is 2.97. The molecule has 2 aromatic heterocycles. The molecule has 0 bridgehead atoms. The monoisotopic (exact) mass is 263 g/mol. The maximum absolute atomic E-state index is 5.91. The van der Waals surface area contributed by atoms with Gasteiger partial charge in [0.1, 0.15) is 11.2 Å². The third-order valence-electron chi connectivity index (χ3n) is 3.55. The lowest BCUT2D eigenvalue weighted by atomic mass is 10.1. The van der Waals surface area contributed by atoms with Crippen LogP contribution in [-0.2, 0) is 0 Å². The van der Waals surface area contributed by atoms with Gasteiger partial charge in [0.15, 0.2) is 0 Å². The van der Waals surface area contributed by atoms with Crippen molar-refractivity contribution in [3.8, 4) is 5.88 Å². The first-order valence-corrected chi connectivity index (χ1v) is 7.11. The van der Waals surface area contributed by atoms with Crippen molar-refractivity contribution in [1.29, 1.82) is 0 Å². The van der Waals surface area contributed by atoms with Crippen molar-refractivity contribution in [2.24, 2.45) is 5.92 Å². The van der Waals surface area contributed by atoms with Crippen molar-refractivity contribution in [2.45, 2.75) is 20.3 Å². The Morgan fingerprint density at radius 3 is 3.11 bits per heavy atom. The summed E-state index contributed by atoms with van der Waals surface area (Å²) in [6.45, 7) is 7.13. The summed E-state index contributed by atoms with van der Waals surface area (Å²) in [6.07, 6.45) is 2.79. The van der Waals surface area contributed by atoms with Crippen molar-refractivity contribution < 1.29 is 4.74 Å². The van der Waals surface area contributed by atoms with Crippen molar-refractivity contribution in [2.75, 3.05) is 19.7 Å². The van der Waals surface area contributed by atoms with E-state index in [1.54, 1.807) is 17.7 Å². The van der Waals surface area contributed by atoms with E-state index in [2.05, 4.69) is 29.1 Å². The van der Waals surface area contributed by atoms with E-state index >= 15 is 0 Å². The van der Waals surface area contributed by atoms with Crippen LogP contribution >= 0.6 is 11.3 Å². The second-order valence-electron chi connectivity index (χ2n) is 4.81. The van der Waals surface area contributed by atoms with E-state index in [0.717, 1.165) is 35.8 Å². The molecule has 0 saturated carbocycles. The van der Waals surface area contributed by atoms with Gasteiger partial charge < -0.3 is 10.1 Å². The van der Waals surface area contributed by atoms with Gasteiger partial charge in [0.05, 0.1) is 12.0 Å². The van der Waals surface area contributed by atoms with Gasteiger partial charge in [-0.25, -0.2) is 9.97 Å². The summed E-state index contributed by atoms with van der Waals surface area (Å²) < 4.78 is 5.91. The highest BCUT2D eigenvalue weighted by Crippen LogP contribution is 2.33. The number of aromatic nitrogens is 2. The van der Waals surface area contributed by atoms with Gasteiger partial charge in [-0.1, -0.05) is 0 Å². The van der Waals surface area contributed by atoms with E-state index < -0.39 is 0 Å². The zero-order valence-electron chi connectivity index (χ0n) is 10.7. The molecule has 18 heavy (non-hydrogen) atoms. The van der Waals surface area contributed by atoms with Gasteiger partial charge in [0, 0.05) is 17.3 Å². The zero-order chi connectivity index (χ0) is 12.5. The number of thiophene rings is 1. The van der Waals surface area contributed by atoms with Crippen LogP contribution in [0.3, 0.4) is 0 Å². The first kappa shape index (κ1) is 11.9. The Morgan fingerprint density at radius 1 is 1.44 bits per heavy atom. The Labute approximate surface area is 110 Å². The van der Waals surface area contributed by atoms with E-state index in [4.69, 9.17) is 4.74 Å². The first-order chi connectivity index (χ1) is 8.75. The zero-order valence-corrected chi connectivity index (χ0v) is 11.5. The van der Waals surface area contributed by atoms with E-state index in [0.29, 0.717) is 5.92 Å². The lowest BCUT2D eigenvalue weighted by molar-refractivity contribution is 0.254. The summed E-state index contributed by atoms with van der Waals surface area (Å²) in [7, 11) is 0. The smallest absolute Gasteiger partial charge is 0.225 e. The second-order valence-corrected chi connectivity index (χ2v) is 6.02. The SMILES string of the molecule is Cc1sc2ncnc(OCC3CCNC3)c2c1C. The van der Waals surface area contributed by atoms with Gasteiger partial charge >= 0.3 is 0 Å². The van der Waals surface area contributed by atoms with Gasteiger partial charge in [-0.05, 0) is 32.4 Å². The first-order valence-electron chi connectivity index (χ1n) is 6.30. The summed E-state index contributed by atoms with van der Waals surface area (Å²) in [5.41, 5.74) is 1.25.